The molecule has 132 valence electrons. The van der Waals surface area contributed by atoms with E-state index in [1.54, 1.807) is 29.2 Å². The van der Waals surface area contributed by atoms with Crippen LogP contribution in [0.3, 0.4) is 0 Å². The monoisotopic (exact) mass is 363 g/mol. The second-order valence-corrected chi connectivity index (χ2v) is 6.62. The molecule has 1 aromatic carbocycles. The van der Waals surface area contributed by atoms with Crippen LogP contribution in [-0.2, 0) is 20.7 Å². The van der Waals surface area contributed by atoms with Gasteiger partial charge in [0, 0.05) is 36.5 Å². The maximum Gasteiger partial charge on any atom is 0.257 e. The predicted octanol–water partition coefficient (Wildman–Crippen LogP) is 2.30. The molecule has 0 N–H and O–H groups in total. The third-order valence-electron chi connectivity index (χ3n) is 4.56. The van der Waals surface area contributed by atoms with Gasteiger partial charge in [0.25, 0.3) is 5.89 Å². The average Bonchev–Trinajstić information content (AvgIpc) is 3.26. The summed E-state index contributed by atoms with van der Waals surface area (Å²) in [5.41, 5.74) is 0.769. The number of carbonyl (C=O) groups excluding carboxylic acids is 1. The van der Waals surface area contributed by atoms with Crippen molar-refractivity contribution in [3.05, 3.63) is 35.1 Å². The van der Waals surface area contributed by atoms with Crippen LogP contribution in [0.2, 0.25) is 5.02 Å². The van der Waals surface area contributed by atoms with Crippen LogP contribution >= 0.6 is 11.6 Å². The number of amides is 1. The van der Waals surface area contributed by atoms with Crippen LogP contribution in [0.4, 0.5) is 0 Å². The van der Waals surface area contributed by atoms with Gasteiger partial charge in [0.1, 0.15) is 0 Å². The lowest BCUT2D eigenvalue weighted by molar-refractivity contribution is -0.187. The van der Waals surface area contributed by atoms with Gasteiger partial charge in [-0.25, -0.2) is 0 Å². The van der Waals surface area contributed by atoms with Crippen molar-refractivity contribution >= 4 is 17.5 Å². The number of carbonyl (C=O) groups is 1. The second kappa shape index (κ2) is 6.74. The zero-order valence-electron chi connectivity index (χ0n) is 13.6. The van der Waals surface area contributed by atoms with Crippen LogP contribution < -0.4 is 0 Å². The molecule has 0 bridgehead atoms. The highest BCUT2D eigenvalue weighted by atomic mass is 35.5. The number of nitrogens with zero attached hydrogens (tertiary/aromatic N) is 3. The van der Waals surface area contributed by atoms with E-state index in [0.29, 0.717) is 55.9 Å². The molecule has 7 nitrogen and oxygen atoms in total. The van der Waals surface area contributed by atoms with Crippen LogP contribution in [0.15, 0.2) is 28.8 Å². The topological polar surface area (TPSA) is 77.7 Å². The van der Waals surface area contributed by atoms with Crippen molar-refractivity contribution in [1.29, 1.82) is 0 Å². The fraction of sp³-hybridized carbons (Fsp3) is 0.471. The van der Waals surface area contributed by atoms with E-state index in [0.717, 1.165) is 5.56 Å². The van der Waals surface area contributed by atoms with Crippen molar-refractivity contribution in [2.24, 2.45) is 0 Å². The highest BCUT2D eigenvalue weighted by Crippen LogP contribution is 2.31. The van der Waals surface area contributed by atoms with E-state index >= 15 is 0 Å². The Morgan fingerprint density at radius 1 is 1.16 bits per heavy atom. The molecular weight excluding hydrogens is 346 g/mol. The predicted molar refractivity (Wildman–Crippen MR) is 88.9 cm³/mol. The Morgan fingerprint density at radius 2 is 1.84 bits per heavy atom. The highest BCUT2D eigenvalue weighted by Gasteiger charge is 2.40. The first-order chi connectivity index (χ1) is 12.1. The summed E-state index contributed by atoms with van der Waals surface area (Å²) in [5, 5.41) is 4.54. The molecule has 2 aliphatic heterocycles. The van der Waals surface area contributed by atoms with E-state index in [4.69, 9.17) is 25.6 Å². The number of likely N-dealkylation sites (tertiary alicyclic amines) is 1. The molecule has 0 atom stereocenters. The smallest absolute Gasteiger partial charge is 0.257 e. The van der Waals surface area contributed by atoms with Gasteiger partial charge < -0.3 is 18.9 Å². The molecule has 4 rings (SSSR count). The van der Waals surface area contributed by atoms with E-state index in [9.17, 15) is 4.79 Å². The number of benzene rings is 1. The standard InChI is InChI=1S/C17H18ClN3O4/c18-13-3-1-12(2-4-13)16-19-14(20-25-16)11-15(22)21-7-5-17(6-8-21)23-9-10-24-17/h1-4H,5-11H2. The maximum absolute atomic E-state index is 12.5. The van der Waals surface area contributed by atoms with Crippen LogP contribution in [0.1, 0.15) is 18.7 Å². The fourth-order valence-electron chi connectivity index (χ4n) is 3.17. The molecule has 0 radical (unpaired) electrons. The lowest BCUT2D eigenvalue weighted by Crippen LogP contribution is -2.47. The van der Waals surface area contributed by atoms with E-state index in [1.807, 2.05) is 0 Å². The van der Waals surface area contributed by atoms with E-state index in [-0.39, 0.29) is 12.3 Å². The van der Waals surface area contributed by atoms with Crippen molar-refractivity contribution in [3.8, 4) is 11.5 Å². The molecule has 2 fully saturated rings. The Balaban J connectivity index is 1.36. The van der Waals surface area contributed by atoms with Crippen molar-refractivity contribution < 1.29 is 18.8 Å². The number of ether oxygens (including phenoxy) is 2. The summed E-state index contributed by atoms with van der Waals surface area (Å²) in [5.74, 6) is 0.259. The van der Waals surface area contributed by atoms with Crippen molar-refractivity contribution in [2.45, 2.75) is 25.0 Å². The van der Waals surface area contributed by atoms with Crippen molar-refractivity contribution in [1.82, 2.24) is 15.0 Å². The summed E-state index contributed by atoms with van der Waals surface area (Å²) in [6.07, 6.45) is 1.51. The molecule has 1 amide bonds. The molecule has 2 aromatic rings. The summed E-state index contributed by atoms with van der Waals surface area (Å²) >= 11 is 5.87. The molecule has 0 aliphatic carbocycles. The van der Waals surface area contributed by atoms with Gasteiger partial charge in [-0.1, -0.05) is 16.8 Å². The Bertz CT molecular complexity index is 746. The molecule has 1 aromatic heterocycles. The molecule has 2 aliphatic rings. The minimum absolute atomic E-state index is 0.0173. The fourth-order valence-corrected chi connectivity index (χ4v) is 3.29. The first-order valence-electron chi connectivity index (χ1n) is 8.28. The van der Waals surface area contributed by atoms with E-state index in [2.05, 4.69) is 10.1 Å². The average molecular weight is 364 g/mol. The van der Waals surface area contributed by atoms with E-state index in [1.165, 1.54) is 0 Å². The number of aromatic nitrogens is 2. The van der Waals surface area contributed by atoms with Gasteiger partial charge in [0.05, 0.1) is 19.6 Å². The lowest BCUT2D eigenvalue weighted by atomic mass is 10.0. The molecule has 8 heteroatoms. The lowest BCUT2D eigenvalue weighted by Gasteiger charge is -2.37. The molecule has 25 heavy (non-hydrogen) atoms. The van der Waals surface area contributed by atoms with Crippen LogP contribution in [0.25, 0.3) is 11.5 Å². The van der Waals surface area contributed by atoms with Gasteiger partial charge >= 0.3 is 0 Å². The van der Waals surface area contributed by atoms with Gasteiger partial charge in [0.15, 0.2) is 11.6 Å². The second-order valence-electron chi connectivity index (χ2n) is 6.19. The summed E-state index contributed by atoms with van der Waals surface area (Å²) in [6.45, 7) is 2.48. The molecular formula is C17H18ClN3O4. The third-order valence-corrected chi connectivity index (χ3v) is 4.81. The van der Waals surface area contributed by atoms with Gasteiger partial charge in [-0.3, -0.25) is 4.79 Å². The number of hydrogen-bond acceptors (Lipinski definition) is 6. The summed E-state index contributed by atoms with van der Waals surface area (Å²) in [7, 11) is 0. The van der Waals surface area contributed by atoms with Crippen LogP contribution in [0, 0.1) is 0 Å². The highest BCUT2D eigenvalue weighted by molar-refractivity contribution is 6.30. The summed E-state index contributed by atoms with van der Waals surface area (Å²) < 4.78 is 16.6. The van der Waals surface area contributed by atoms with Crippen molar-refractivity contribution in [2.75, 3.05) is 26.3 Å². The van der Waals surface area contributed by atoms with Crippen molar-refractivity contribution in [3.63, 3.8) is 0 Å². The minimum atomic E-state index is -0.481. The number of rotatable bonds is 3. The number of hydrogen-bond donors (Lipinski definition) is 0. The quantitative estimate of drug-likeness (QED) is 0.832. The van der Waals surface area contributed by atoms with E-state index < -0.39 is 5.79 Å². The van der Waals surface area contributed by atoms with Gasteiger partial charge in [0.2, 0.25) is 5.91 Å². The molecule has 0 unspecified atom stereocenters. The Hall–Kier alpha value is -1.96. The number of halogens is 1. The first kappa shape index (κ1) is 16.5. The van der Waals surface area contributed by atoms with Gasteiger partial charge in [-0.05, 0) is 24.3 Å². The minimum Gasteiger partial charge on any atom is -0.347 e. The van der Waals surface area contributed by atoms with Gasteiger partial charge in [-0.15, -0.1) is 0 Å². The SMILES string of the molecule is O=C(Cc1noc(-c2ccc(Cl)cc2)n1)N1CCC2(CC1)OCCO2. The summed E-state index contributed by atoms with van der Waals surface area (Å²) in [4.78, 5) is 18.6. The van der Waals surface area contributed by atoms with Crippen LogP contribution in [0.5, 0.6) is 0 Å². The Labute approximate surface area is 149 Å². The Kier molecular flexibility index (Phi) is 4.45. The Morgan fingerprint density at radius 3 is 2.52 bits per heavy atom. The zero-order valence-corrected chi connectivity index (χ0v) is 14.4. The molecule has 2 saturated heterocycles. The molecule has 1 spiro atoms. The maximum atomic E-state index is 12.5. The first-order valence-corrected chi connectivity index (χ1v) is 8.66. The zero-order chi connectivity index (χ0) is 17.3. The third kappa shape index (κ3) is 3.53. The molecule has 0 saturated carbocycles. The largest absolute Gasteiger partial charge is 0.347 e. The van der Waals surface area contributed by atoms with Gasteiger partial charge in [-0.2, -0.15) is 4.98 Å². The molecule has 3 heterocycles. The van der Waals surface area contributed by atoms with Crippen LogP contribution in [-0.4, -0.2) is 53.0 Å². The summed E-state index contributed by atoms with van der Waals surface area (Å²) in [6, 6.07) is 7.10. The number of piperidine rings is 1. The normalized spacial score (nSPS) is 19.5.